The van der Waals surface area contributed by atoms with Crippen LogP contribution >= 0.6 is 0 Å². The average Bonchev–Trinajstić information content (AvgIpc) is 2.13. The lowest BCUT2D eigenvalue weighted by Gasteiger charge is -2.34. The quantitative estimate of drug-likeness (QED) is 0.492. The predicted octanol–water partition coefficient (Wildman–Crippen LogP) is 2.81. The van der Waals surface area contributed by atoms with Crippen molar-refractivity contribution in [1.29, 1.82) is 0 Å². The number of nitrogens with one attached hydrogen (secondary N) is 1. The summed E-state index contributed by atoms with van der Waals surface area (Å²) in [6, 6.07) is 0.863. The molecule has 0 spiro atoms. The van der Waals surface area contributed by atoms with E-state index in [1.165, 1.54) is 0 Å². The summed E-state index contributed by atoms with van der Waals surface area (Å²) in [5.74, 6) is 0. The number of hydrogen-bond acceptors (Lipinski definition) is 4. The van der Waals surface area contributed by atoms with Gasteiger partial charge in [-0.15, -0.1) is 0 Å². The predicted molar refractivity (Wildman–Crippen MR) is 77.8 cm³/mol. The third-order valence-corrected chi connectivity index (χ3v) is 5.61. The molecule has 0 atom stereocenters. The van der Waals surface area contributed by atoms with Crippen LogP contribution in [0.5, 0.6) is 0 Å². The highest BCUT2D eigenvalue weighted by Crippen LogP contribution is 2.23. The third-order valence-electron chi connectivity index (χ3n) is 2.16. The molecule has 0 unspecified atom stereocenters. The summed E-state index contributed by atoms with van der Waals surface area (Å²) in [4.78, 5) is 0. The molecule has 0 bridgehead atoms. The van der Waals surface area contributed by atoms with Gasteiger partial charge < -0.3 is 18.6 Å². The van der Waals surface area contributed by atoms with Crippen LogP contribution in [-0.4, -0.2) is 40.7 Å². The van der Waals surface area contributed by atoms with Crippen LogP contribution in [-0.2, 0) is 13.3 Å². The van der Waals surface area contributed by atoms with Crippen LogP contribution in [0.1, 0.15) is 48.0 Å². The fourth-order valence-corrected chi connectivity index (χ4v) is 5.10. The zero-order valence-electron chi connectivity index (χ0n) is 13.1. The molecule has 0 aromatic carbocycles. The maximum atomic E-state index is 6.07. The van der Waals surface area contributed by atoms with Gasteiger partial charge in [0.05, 0.1) is 0 Å². The van der Waals surface area contributed by atoms with E-state index in [0.29, 0.717) is 0 Å². The largest absolute Gasteiger partial charge is 0.501 e. The second-order valence-corrected chi connectivity index (χ2v) is 7.96. The summed E-state index contributed by atoms with van der Waals surface area (Å²) in [7, 11) is -0.605. The lowest BCUT2D eigenvalue weighted by atomic mass is 10.5. The van der Waals surface area contributed by atoms with E-state index in [9.17, 15) is 0 Å². The molecular weight excluding hydrogens is 246 g/mol. The van der Waals surface area contributed by atoms with Crippen LogP contribution in [0, 0.1) is 0 Å². The molecule has 0 aromatic heterocycles. The van der Waals surface area contributed by atoms with Crippen LogP contribution in [0.25, 0.3) is 0 Å². The Morgan fingerprint density at radius 1 is 0.833 bits per heavy atom. The monoisotopic (exact) mass is 277 g/mol. The summed E-state index contributed by atoms with van der Waals surface area (Å²) in [6.07, 6.45) is 1.39. The summed E-state index contributed by atoms with van der Waals surface area (Å²) >= 11 is 0. The molecule has 0 saturated carbocycles. The third kappa shape index (κ3) is 8.21. The standard InChI is InChI=1S/C13H31NO3Si/c1-11(2)15-18(16-12(3)4,17-13(5)6)10-8-9-14-7/h11-14H,8-10H2,1-7H3. The lowest BCUT2D eigenvalue weighted by Crippen LogP contribution is -2.50. The topological polar surface area (TPSA) is 39.7 Å². The van der Waals surface area contributed by atoms with Crippen molar-refractivity contribution in [1.82, 2.24) is 5.32 Å². The Bertz CT molecular complexity index is 184. The van der Waals surface area contributed by atoms with Gasteiger partial charge in [0.2, 0.25) is 0 Å². The highest BCUT2D eigenvalue weighted by molar-refractivity contribution is 6.60. The van der Waals surface area contributed by atoms with Crippen molar-refractivity contribution in [2.45, 2.75) is 72.3 Å². The van der Waals surface area contributed by atoms with Crippen LogP contribution < -0.4 is 5.32 Å². The summed E-state index contributed by atoms with van der Waals surface area (Å²) in [6.45, 7) is 13.2. The van der Waals surface area contributed by atoms with E-state index >= 15 is 0 Å². The van der Waals surface area contributed by atoms with Crippen LogP contribution in [0.2, 0.25) is 6.04 Å². The molecule has 0 fully saturated rings. The molecule has 0 aliphatic rings. The van der Waals surface area contributed by atoms with Crippen molar-refractivity contribution < 1.29 is 13.3 Å². The van der Waals surface area contributed by atoms with Gasteiger partial charge in [-0.2, -0.15) is 0 Å². The van der Waals surface area contributed by atoms with Crippen LogP contribution in [0.3, 0.4) is 0 Å². The van der Waals surface area contributed by atoms with Crippen molar-refractivity contribution in [3.8, 4) is 0 Å². The number of rotatable bonds is 10. The molecule has 4 nitrogen and oxygen atoms in total. The molecule has 18 heavy (non-hydrogen) atoms. The van der Waals surface area contributed by atoms with Gasteiger partial charge in [0.15, 0.2) is 0 Å². The van der Waals surface area contributed by atoms with Gasteiger partial charge in [0, 0.05) is 24.4 Å². The van der Waals surface area contributed by atoms with E-state index in [4.69, 9.17) is 13.3 Å². The van der Waals surface area contributed by atoms with E-state index in [1.54, 1.807) is 0 Å². The minimum absolute atomic E-state index is 0.128. The summed E-state index contributed by atoms with van der Waals surface area (Å²) in [5.41, 5.74) is 0. The van der Waals surface area contributed by atoms with Gasteiger partial charge in [-0.05, 0) is 61.6 Å². The summed E-state index contributed by atoms with van der Waals surface area (Å²) < 4.78 is 18.2. The minimum Gasteiger partial charge on any atom is -0.371 e. The molecule has 0 saturated heterocycles. The molecule has 5 heteroatoms. The molecular formula is C13H31NO3Si. The van der Waals surface area contributed by atoms with Crippen LogP contribution in [0.4, 0.5) is 0 Å². The van der Waals surface area contributed by atoms with E-state index in [1.807, 2.05) is 48.6 Å². The normalized spacial score (nSPS) is 13.0. The zero-order chi connectivity index (χ0) is 14.2. The minimum atomic E-state index is -2.56. The Balaban J connectivity index is 4.74. The average molecular weight is 277 g/mol. The van der Waals surface area contributed by atoms with E-state index in [0.717, 1.165) is 19.0 Å². The first-order chi connectivity index (χ1) is 8.31. The second kappa shape index (κ2) is 9.04. The van der Waals surface area contributed by atoms with Crippen molar-refractivity contribution in [2.24, 2.45) is 0 Å². The van der Waals surface area contributed by atoms with Gasteiger partial charge in [0.1, 0.15) is 0 Å². The van der Waals surface area contributed by atoms with Gasteiger partial charge in [-0.1, -0.05) is 0 Å². The Morgan fingerprint density at radius 2 is 1.22 bits per heavy atom. The maximum Gasteiger partial charge on any atom is 0.501 e. The first-order valence-electron chi connectivity index (χ1n) is 6.99. The molecule has 0 aliphatic carbocycles. The van der Waals surface area contributed by atoms with Gasteiger partial charge in [-0.25, -0.2) is 0 Å². The Hall–Kier alpha value is 0.0569. The van der Waals surface area contributed by atoms with Gasteiger partial charge in [0.25, 0.3) is 0 Å². The smallest absolute Gasteiger partial charge is 0.371 e. The fourth-order valence-electron chi connectivity index (χ4n) is 1.82. The van der Waals surface area contributed by atoms with Gasteiger partial charge in [-0.3, -0.25) is 0 Å². The van der Waals surface area contributed by atoms with Crippen molar-refractivity contribution in [3.63, 3.8) is 0 Å². The molecule has 0 aromatic rings. The molecule has 1 N–H and O–H groups in total. The van der Waals surface area contributed by atoms with E-state index in [2.05, 4.69) is 5.32 Å². The Kier molecular flexibility index (Phi) is 9.07. The lowest BCUT2D eigenvalue weighted by molar-refractivity contribution is 0.00294. The zero-order valence-corrected chi connectivity index (χ0v) is 14.1. The fraction of sp³-hybridized carbons (Fsp3) is 1.00. The van der Waals surface area contributed by atoms with Crippen LogP contribution in [0.15, 0.2) is 0 Å². The molecule has 0 amide bonds. The van der Waals surface area contributed by atoms with Crippen molar-refractivity contribution in [3.05, 3.63) is 0 Å². The SMILES string of the molecule is CNCCC[Si](OC(C)C)(OC(C)C)OC(C)C. The molecule has 0 heterocycles. The first kappa shape index (κ1) is 18.1. The van der Waals surface area contributed by atoms with E-state index in [-0.39, 0.29) is 18.3 Å². The number of hydrogen-bond donors (Lipinski definition) is 1. The molecule has 110 valence electrons. The first-order valence-corrected chi connectivity index (χ1v) is 8.92. The van der Waals surface area contributed by atoms with Gasteiger partial charge >= 0.3 is 8.80 Å². The molecule has 0 radical (unpaired) electrons. The Morgan fingerprint density at radius 3 is 1.50 bits per heavy atom. The Labute approximate surface area is 114 Å². The van der Waals surface area contributed by atoms with E-state index < -0.39 is 8.80 Å². The highest BCUT2D eigenvalue weighted by atomic mass is 28.4. The maximum absolute atomic E-state index is 6.07. The molecule has 0 aliphatic heterocycles. The molecule has 0 rings (SSSR count). The van der Waals surface area contributed by atoms with Crippen molar-refractivity contribution >= 4 is 8.80 Å². The van der Waals surface area contributed by atoms with Crippen molar-refractivity contribution in [2.75, 3.05) is 13.6 Å². The second-order valence-electron chi connectivity index (χ2n) is 5.39. The highest BCUT2D eigenvalue weighted by Gasteiger charge is 2.43. The summed E-state index contributed by atoms with van der Waals surface area (Å²) in [5, 5.41) is 3.16.